The minimum absolute atomic E-state index is 0.128. The average molecular weight is 535 g/mol. The van der Waals surface area contributed by atoms with Gasteiger partial charge in [0.15, 0.2) is 0 Å². The molecular formula is C30H38N4O3S. The molecule has 5 N–H and O–H groups in total. The number of nitrogens with zero attached hydrogens (tertiary/aromatic N) is 2. The molecule has 2 atom stereocenters. The molecule has 1 saturated heterocycles. The predicted molar refractivity (Wildman–Crippen MR) is 155 cm³/mol. The van der Waals surface area contributed by atoms with Crippen molar-refractivity contribution in [2.75, 3.05) is 5.06 Å². The fourth-order valence-corrected chi connectivity index (χ4v) is 5.39. The molecule has 4 rings (SSSR count). The number of hydrogen-bond acceptors (Lipinski definition) is 6. The van der Waals surface area contributed by atoms with Gasteiger partial charge in [-0.1, -0.05) is 47.6 Å². The number of hydrogen-bond donors (Lipinski definition) is 3. The van der Waals surface area contributed by atoms with Crippen molar-refractivity contribution in [1.29, 1.82) is 0 Å². The van der Waals surface area contributed by atoms with E-state index in [0.29, 0.717) is 18.0 Å². The monoisotopic (exact) mass is 534 g/mol. The first-order valence-corrected chi connectivity index (χ1v) is 13.7. The first kappa shape index (κ1) is 27.7. The van der Waals surface area contributed by atoms with Crippen LogP contribution in [0.2, 0.25) is 0 Å². The molecule has 2 aromatic carbocycles. The molecule has 1 aromatic heterocycles. The van der Waals surface area contributed by atoms with Crippen molar-refractivity contribution >= 4 is 34.5 Å². The van der Waals surface area contributed by atoms with E-state index in [9.17, 15) is 9.90 Å². The first-order chi connectivity index (χ1) is 17.7. The smallest absolute Gasteiger partial charge is 0.220 e. The summed E-state index contributed by atoms with van der Waals surface area (Å²) >= 11 is 1.54. The van der Waals surface area contributed by atoms with E-state index in [1.165, 1.54) is 0 Å². The second kappa shape index (κ2) is 10.4. The lowest BCUT2D eigenvalue weighted by molar-refractivity contribution is -0.120. The molecular weight excluding hydrogens is 496 g/mol. The molecule has 0 aliphatic carbocycles. The van der Waals surface area contributed by atoms with E-state index in [2.05, 4.69) is 58.7 Å². The van der Waals surface area contributed by atoms with Gasteiger partial charge in [0.1, 0.15) is 11.6 Å². The highest BCUT2D eigenvalue weighted by Gasteiger charge is 2.38. The van der Waals surface area contributed by atoms with Crippen LogP contribution < -0.4 is 16.5 Å². The van der Waals surface area contributed by atoms with Crippen molar-refractivity contribution in [2.45, 2.75) is 77.4 Å². The molecule has 2 heterocycles. The number of carbonyl (C=O) groups excluding carboxylic acids is 1. The number of phenolic OH excluding ortho intramolecular Hbond substituents is 1. The average Bonchev–Trinajstić information content (AvgIpc) is 3.48. The van der Waals surface area contributed by atoms with E-state index < -0.39 is 5.91 Å². The molecule has 1 fully saturated rings. The van der Waals surface area contributed by atoms with Crippen molar-refractivity contribution in [3.63, 3.8) is 0 Å². The summed E-state index contributed by atoms with van der Waals surface area (Å²) in [5.74, 6) is 0.400. The Morgan fingerprint density at radius 1 is 1.05 bits per heavy atom. The molecule has 0 radical (unpaired) electrons. The molecule has 0 bridgehead atoms. The highest BCUT2D eigenvalue weighted by molar-refractivity contribution is 7.12. The number of phenols is 1. The standard InChI is InChI=1S/C30H38N4O3S/c1-29(2,3)22-14-18(15-23(27(22)36)30(4,5)6)24-16-21(17-26(31)35)37-34(24)20-11-9-19(10-12-20)33-28(32)25-8-7-13-38-25/h7-15,21,24,36H,16-17H2,1-6H3,(H2,31,35)(H2,32,33). The third-order valence-corrected chi connectivity index (χ3v) is 7.61. The van der Waals surface area contributed by atoms with Crippen LogP contribution in [0.25, 0.3) is 0 Å². The number of rotatable bonds is 6. The van der Waals surface area contributed by atoms with E-state index in [4.69, 9.17) is 16.3 Å². The second-order valence-corrected chi connectivity index (χ2v) is 12.9. The zero-order chi connectivity index (χ0) is 27.8. The number of carbonyl (C=O) groups is 1. The Kier molecular flexibility index (Phi) is 7.59. The Morgan fingerprint density at radius 3 is 2.16 bits per heavy atom. The number of benzene rings is 2. The van der Waals surface area contributed by atoms with Crippen molar-refractivity contribution in [1.82, 2.24) is 0 Å². The number of amides is 1. The molecule has 202 valence electrons. The van der Waals surface area contributed by atoms with Crippen molar-refractivity contribution < 1.29 is 14.7 Å². The summed E-state index contributed by atoms with van der Waals surface area (Å²) in [4.78, 5) is 23.5. The lowest BCUT2D eigenvalue weighted by Crippen LogP contribution is -2.25. The number of thiophene rings is 1. The number of hydroxylamine groups is 1. The van der Waals surface area contributed by atoms with Gasteiger partial charge in [-0.25, -0.2) is 10.1 Å². The number of amidine groups is 1. The molecule has 0 saturated carbocycles. The highest BCUT2D eigenvalue weighted by Crippen LogP contribution is 2.45. The van der Waals surface area contributed by atoms with Gasteiger partial charge in [-0.15, -0.1) is 11.3 Å². The van der Waals surface area contributed by atoms with Gasteiger partial charge in [0.05, 0.1) is 34.8 Å². The minimum atomic E-state index is -0.402. The molecule has 0 spiro atoms. The molecule has 38 heavy (non-hydrogen) atoms. The van der Waals surface area contributed by atoms with Crippen LogP contribution in [-0.4, -0.2) is 23.0 Å². The molecule has 8 heteroatoms. The fraction of sp³-hybridized carbons (Fsp3) is 0.400. The molecule has 3 aromatic rings. The summed E-state index contributed by atoms with van der Waals surface area (Å²) in [5.41, 5.74) is 15.5. The summed E-state index contributed by atoms with van der Waals surface area (Å²) < 4.78 is 0. The summed E-state index contributed by atoms with van der Waals surface area (Å²) in [5, 5.41) is 15.0. The van der Waals surface area contributed by atoms with E-state index in [1.807, 2.05) is 46.8 Å². The Labute approximate surface area is 229 Å². The lowest BCUT2D eigenvalue weighted by Gasteiger charge is -2.31. The Balaban J connectivity index is 1.74. The van der Waals surface area contributed by atoms with Crippen LogP contribution in [0.3, 0.4) is 0 Å². The molecule has 7 nitrogen and oxygen atoms in total. The van der Waals surface area contributed by atoms with Crippen LogP contribution in [-0.2, 0) is 20.5 Å². The number of nitrogens with two attached hydrogens (primary N) is 2. The zero-order valence-corrected chi connectivity index (χ0v) is 23.8. The zero-order valence-electron chi connectivity index (χ0n) is 23.0. The van der Waals surface area contributed by atoms with Gasteiger partial charge >= 0.3 is 0 Å². The topological polar surface area (TPSA) is 114 Å². The molecule has 1 aliphatic rings. The largest absolute Gasteiger partial charge is 0.507 e. The number of primary amides is 1. The van der Waals surface area contributed by atoms with E-state index in [-0.39, 0.29) is 29.4 Å². The Hall–Kier alpha value is -3.36. The van der Waals surface area contributed by atoms with Crippen LogP contribution in [0.4, 0.5) is 11.4 Å². The van der Waals surface area contributed by atoms with Crippen LogP contribution in [0, 0.1) is 0 Å². The van der Waals surface area contributed by atoms with E-state index >= 15 is 0 Å². The Bertz CT molecular complexity index is 1280. The maximum absolute atomic E-state index is 11.8. The summed E-state index contributed by atoms with van der Waals surface area (Å²) in [7, 11) is 0. The maximum Gasteiger partial charge on any atom is 0.220 e. The predicted octanol–water partition coefficient (Wildman–Crippen LogP) is 6.21. The summed E-state index contributed by atoms with van der Waals surface area (Å²) in [6.45, 7) is 12.6. The third-order valence-electron chi connectivity index (χ3n) is 6.72. The number of aromatic hydroxyl groups is 1. The first-order valence-electron chi connectivity index (χ1n) is 12.8. The van der Waals surface area contributed by atoms with Crippen molar-refractivity contribution in [3.8, 4) is 5.75 Å². The van der Waals surface area contributed by atoms with Gasteiger partial charge in [-0.3, -0.25) is 9.63 Å². The fourth-order valence-electron chi connectivity index (χ4n) is 4.76. The van der Waals surface area contributed by atoms with Crippen LogP contribution in [0.1, 0.15) is 82.0 Å². The molecule has 1 amide bonds. The SMILES string of the molecule is CC(C)(C)c1cc(C2CC(CC(N)=O)ON2c2ccc(N=C(N)c3cccs3)cc2)cc(C(C)(C)C)c1O. The van der Waals surface area contributed by atoms with Gasteiger partial charge < -0.3 is 16.6 Å². The second-order valence-electron chi connectivity index (χ2n) is 11.9. The summed E-state index contributed by atoms with van der Waals surface area (Å²) in [6, 6.07) is 15.5. The maximum atomic E-state index is 11.8. The minimum Gasteiger partial charge on any atom is -0.507 e. The van der Waals surface area contributed by atoms with Crippen molar-refractivity contribution in [3.05, 3.63) is 75.5 Å². The highest BCUT2D eigenvalue weighted by atomic mass is 32.1. The molecule has 1 aliphatic heterocycles. The molecule has 2 unspecified atom stereocenters. The third kappa shape index (κ3) is 6.03. The number of aliphatic imine (C=N–C) groups is 1. The van der Waals surface area contributed by atoms with Gasteiger partial charge in [0.2, 0.25) is 5.91 Å². The Morgan fingerprint density at radius 2 is 1.66 bits per heavy atom. The van der Waals surface area contributed by atoms with E-state index in [1.54, 1.807) is 11.3 Å². The van der Waals surface area contributed by atoms with Crippen LogP contribution in [0.15, 0.2) is 58.9 Å². The summed E-state index contributed by atoms with van der Waals surface area (Å²) in [6.07, 6.45) is 0.365. The van der Waals surface area contributed by atoms with Gasteiger partial charge in [0, 0.05) is 6.42 Å². The van der Waals surface area contributed by atoms with Crippen LogP contribution >= 0.6 is 11.3 Å². The van der Waals surface area contributed by atoms with Gasteiger partial charge in [0.25, 0.3) is 0 Å². The quantitative estimate of drug-likeness (QED) is 0.257. The lowest BCUT2D eigenvalue weighted by atomic mass is 9.77. The van der Waals surface area contributed by atoms with E-state index in [0.717, 1.165) is 32.9 Å². The van der Waals surface area contributed by atoms with Crippen molar-refractivity contribution in [2.24, 2.45) is 16.5 Å². The number of anilines is 1. The van der Waals surface area contributed by atoms with Gasteiger partial charge in [-0.2, -0.15) is 0 Å². The van der Waals surface area contributed by atoms with Crippen LogP contribution in [0.5, 0.6) is 5.75 Å². The van der Waals surface area contributed by atoms with Gasteiger partial charge in [-0.05, 0) is 75.4 Å². The normalized spacial score (nSPS) is 18.7.